The number of nitrogens with one attached hydrogen (secondary N) is 1. The van der Waals surface area contributed by atoms with Crippen molar-refractivity contribution in [2.75, 3.05) is 13.2 Å². The normalized spacial score (nSPS) is 18.1. The SMILES string of the molecule is CCOc1cccc(OCC)c1C(=O)N[C@H]1CCC[C@H]1Cc1ccc2ccccc2n1. The van der Waals surface area contributed by atoms with E-state index in [0.717, 1.165) is 42.3 Å². The fraction of sp³-hybridized carbons (Fsp3) is 0.385. The summed E-state index contributed by atoms with van der Waals surface area (Å²) in [6, 6.07) is 18.0. The summed E-state index contributed by atoms with van der Waals surface area (Å²) in [6.07, 6.45) is 4.03. The smallest absolute Gasteiger partial charge is 0.259 e. The molecule has 0 bridgehead atoms. The molecule has 0 spiro atoms. The number of hydrogen-bond acceptors (Lipinski definition) is 4. The Bertz CT molecular complexity index is 1030. The molecular formula is C26H30N2O3. The Morgan fingerprint density at radius 3 is 2.45 bits per heavy atom. The number of para-hydroxylation sites is 1. The van der Waals surface area contributed by atoms with Gasteiger partial charge < -0.3 is 14.8 Å². The molecule has 0 saturated heterocycles. The minimum Gasteiger partial charge on any atom is -0.493 e. The van der Waals surface area contributed by atoms with Crippen LogP contribution in [0.25, 0.3) is 10.9 Å². The molecule has 1 saturated carbocycles. The number of amides is 1. The number of nitrogens with zero attached hydrogens (tertiary/aromatic N) is 1. The molecule has 162 valence electrons. The molecule has 2 aromatic carbocycles. The lowest BCUT2D eigenvalue weighted by atomic mass is 9.96. The van der Waals surface area contributed by atoms with Crippen LogP contribution in [0.5, 0.6) is 11.5 Å². The average Bonchev–Trinajstić information content (AvgIpc) is 3.20. The third kappa shape index (κ3) is 4.82. The standard InChI is InChI=1S/C26H30N2O3/c1-3-30-23-13-8-14-24(31-4-2)25(23)26(29)28-22-12-7-10-19(22)17-20-16-15-18-9-5-6-11-21(18)27-20/h5-6,8-9,11,13-16,19,22H,3-4,7,10,12,17H2,1-2H3,(H,28,29)/t19-,22-/m0/s1. The summed E-state index contributed by atoms with van der Waals surface area (Å²) in [5.74, 6) is 1.37. The van der Waals surface area contributed by atoms with Gasteiger partial charge in [0.25, 0.3) is 5.91 Å². The second-order valence-corrected chi connectivity index (χ2v) is 7.97. The predicted octanol–water partition coefficient (Wildman–Crippen LogP) is 5.17. The molecule has 1 amide bonds. The van der Waals surface area contributed by atoms with Crippen molar-refractivity contribution in [3.8, 4) is 11.5 Å². The molecule has 4 rings (SSSR count). The first-order valence-electron chi connectivity index (χ1n) is 11.2. The van der Waals surface area contributed by atoms with E-state index in [2.05, 4.69) is 23.5 Å². The van der Waals surface area contributed by atoms with Crippen LogP contribution in [0.3, 0.4) is 0 Å². The van der Waals surface area contributed by atoms with Crippen molar-refractivity contribution in [1.29, 1.82) is 0 Å². The molecule has 31 heavy (non-hydrogen) atoms. The van der Waals surface area contributed by atoms with Gasteiger partial charge in [0.15, 0.2) is 0 Å². The van der Waals surface area contributed by atoms with Gasteiger partial charge in [-0.2, -0.15) is 0 Å². The first-order chi connectivity index (χ1) is 15.2. The molecule has 1 fully saturated rings. The molecule has 0 unspecified atom stereocenters. The van der Waals surface area contributed by atoms with Crippen molar-refractivity contribution in [3.05, 3.63) is 65.9 Å². The van der Waals surface area contributed by atoms with E-state index >= 15 is 0 Å². The number of benzene rings is 2. The molecule has 0 aliphatic heterocycles. The highest BCUT2D eigenvalue weighted by Gasteiger charge is 2.31. The number of ether oxygens (including phenoxy) is 2. The van der Waals surface area contributed by atoms with Gasteiger partial charge in [0.05, 0.1) is 18.7 Å². The maximum absolute atomic E-state index is 13.3. The van der Waals surface area contributed by atoms with E-state index in [0.29, 0.717) is 36.2 Å². The second-order valence-electron chi connectivity index (χ2n) is 7.97. The van der Waals surface area contributed by atoms with Crippen LogP contribution in [0, 0.1) is 5.92 Å². The van der Waals surface area contributed by atoms with Crippen LogP contribution in [0.4, 0.5) is 0 Å². The van der Waals surface area contributed by atoms with Gasteiger partial charge in [0.1, 0.15) is 17.1 Å². The quantitative estimate of drug-likeness (QED) is 0.548. The minimum atomic E-state index is -0.129. The summed E-state index contributed by atoms with van der Waals surface area (Å²) in [4.78, 5) is 18.1. The maximum atomic E-state index is 13.3. The van der Waals surface area contributed by atoms with E-state index in [1.165, 1.54) is 0 Å². The van der Waals surface area contributed by atoms with E-state index in [1.807, 2.05) is 50.2 Å². The van der Waals surface area contributed by atoms with Crippen LogP contribution in [0.15, 0.2) is 54.6 Å². The predicted molar refractivity (Wildman–Crippen MR) is 123 cm³/mol. The number of carbonyl (C=O) groups is 1. The number of carbonyl (C=O) groups excluding carboxylic acids is 1. The molecule has 1 aromatic heterocycles. The monoisotopic (exact) mass is 418 g/mol. The third-order valence-corrected chi connectivity index (χ3v) is 5.92. The van der Waals surface area contributed by atoms with E-state index in [9.17, 15) is 4.79 Å². The van der Waals surface area contributed by atoms with E-state index in [-0.39, 0.29) is 11.9 Å². The first kappa shape index (κ1) is 21.2. The Hall–Kier alpha value is -3.08. The molecular weight excluding hydrogens is 388 g/mol. The van der Waals surface area contributed by atoms with Gasteiger partial charge in [-0.25, -0.2) is 0 Å². The molecule has 5 nitrogen and oxygen atoms in total. The number of pyridine rings is 1. The summed E-state index contributed by atoms with van der Waals surface area (Å²) in [5.41, 5.74) is 2.58. The number of rotatable bonds is 8. The van der Waals surface area contributed by atoms with Crippen molar-refractivity contribution in [2.24, 2.45) is 5.92 Å². The molecule has 1 heterocycles. The Kier molecular flexibility index (Phi) is 6.70. The van der Waals surface area contributed by atoms with Crippen molar-refractivity contribution in [3.63, 3.8) is 0 Å². The fourth-order valence-corrected chi connectivity index (χ4v) is 4.49. The van der Waals surface area contributed by atoms with Crippen LogP contribution < -0.4 is 14.8 Å². The van der Waals surface area contributed by atoms with Gasteiger partial charge in [-0.15, -0.1) is 0 Å². The number of fused-ring (bicyclic) bond motifs is 1. The highest BCUT2D eigenvalue weighted by molar-refractivity contribution is 6.00. The zero-order valence-corrected chi connectivity index (χ0v) is 18.3. The van der Waals surface area contributed by atoms with Crippen molar-refractivity contribution >= 4 is 16.8 Å². The van der Waals surface area contributed by atoms with Crippen molar-refractivity contribution in [1.82, 2.24) is 10.3 Å². The molecule has 3 aromatic rings. The second kappa shape index (κ2) is 9.82. The lowest BCUT2D eigenvalue weighted by Crippen LogP contribution is -2.38. The molecule has 0 radical (unpaired) electrons. The van der Waals surface area contributed by atoms with Gasteiger partial charge in [-0.1, -0.05) is 36.8 Å². The van der Waals surface area contributed by atoms with Crippen LogP contribution in [-0.4, -0.2) is 30.1 Å². The van der Waals surface area contributed by atoms with Crippen LogP contribution in [0.1, 0.15) is 49.2 Å². The molecule has 1 aliphatic rings. The Morgan fingerprint density at radius 1 is 0.968 bits per heavy atom. The summed E-state index contributed by atoms with van der Waals surface area (Å²) in [6.45, 7) is 4.82. The number of aromatic nitrogens is 1. The fourth-order valence-electron chi connectivity index (χ4n) is 4.49. The average molecular weight is 419 g/mol. The molecule has 1 aliphatic carbocycles. The van der Waals surface area contributed by atoms with Gasteiger partial charge in [-0.05, 0) is 63.3 Å². The van der Waals surface area contributed by atoms with Gasteiger partial charge in [0, 0.05) is 17.1 Å². The zero-order chi connectivity index (χ0) is 21.6. The van der Waals surface area contributed by atoms with Crippen molar-refractivity contribution < 1.29 is 14.3 Å². The van der Waals surface area contributed by atoms with Gasteiger partial charge >= 0.3 is 0 Å². The van der Waals surface area contributed by atoms with Gasteiger partial charge in [0.2, 0.25) is 0 Å². The minimum absolute atomic E-state index is 0.116. The van der Waals surface area contributed by atoms with Crippen LogP contribution >= 0.6 is 0 Å². The third-order valence-electron chi connectivity index (χ3n) is 5.92. The maximum Gasteiger partial charge on any atom is 0.259 e. The lowest BCUT2D eigenvalue weighted by molar-refractivity contribution is 0.0919. The molecule has 1 N–H and O–H groups in total. The Morgan fingerprint density at radius 2 is 1.71 bits per heavy atom. The number of hydrogen-bond donors (Lipinski definition) is 1. The van der Waals surface area contributed by atoms with E-state index < -0.39 is 0 Å². The zero-order valence-electron chi connectivity index (χ0n) is 18.3. The highest BCUT2D eigenvalue weighted by atomic mass is 16.5. The molecule has 5 heteroatoms. The summed E-state index contributed by atoms with van der Waals surface area (Å²) in [7, 11) is 0. The summed E-state index contributed by atoms with van der Waals surface area (Å²) >= 11 is 0. The van der Waals surface area contributed by atoms with Crippen molar-refractivity contribution in [2.45, 2.75) is 45.6 Å². The first-order valence-corrected chi connectivity index (χ1v) is 11.2. The highest BCUT2D eigenvalue weighted by Crippen LogP contribution is 2.32. The largest absolute Gasteiger partial charge is 0.493 e. The topological polar surface area (TPSA) is 60.5 Å². The lowest BCUT2D eigenvalue weighted by Gasteiger charge is -2.22. The van der Waals surface area contributed by atoms with Crippen LogP contribution in [-0.2, 0) is 6.42 Å². The Labute approximate surface area is 183 Å². The Balaban J connectivity index is 1.51. The van der Waals surface area contributed by atoms with E-state index in [1.54, 1.807) is 0 Å². The van der Waals surface area contributed by atoms with E-state index in [4.69, 9.17) is 14.5 Å². The van der Waals surface area contributed by atoms with Crippen LogP contribution in [0.2, 0.25) is 0 Å². The summed E-state index contributed by atoms with van der Waals surface area (Å²) in [5, 5.41) is 4.42. The molecule has 2 atom stereocenters. The van der Waals surface area contributed by atoms with Gasteiger partial charge in [-0.3, -0.25) is 9.78 Å². The summed E-state index contributed by atoms with van der Waals surface area (Å²) < 4.78 is 11.4.